The third-order valence-electron chi connectivity index (χ3n) is 5.42. The van der Waals surface area contributed by atoms with Gasteiger partial charge in [0.25, 0.3) is 0 Å². The van der Waals surface area contributed by atoms with Crippen LogP contribution in [0.4, 0.5) is 0 Å². The molecule has 1 atom stereocenters. The van der Waals surface area contributed by atoms with Crippen LogP contribution in [0.3, 0.4) is 0 Å². The Morgan fingerprint density at radius 3 is 2.40 bits per heavy atom. The van der Waals surface area contributed by atoms with Crippen molar-refractivity contribution in [3.63, 3.8) is 0 Å². The van der Waals surface area contributed by atoms with Crippen molar-refractivity contribution in [2.75, 3.05) is 6.54 Å². The largest absolute Gasteiger partial charge is 0.310 e. The van der Waals surface area contributed by atoms with Gasteiger partial charge in [-0.2, -0.15) is 0 Å². The molecule has 2 fully saturated rings. The number of hydrogen-bond donors (Lipinski definition) is 1. The average Bonchev–Trinajstić information content (AvgIpc) is 2.45. The monoisotopic (exact) mass is 271 g/mol. The lowest BCUT2D eigenvalue weighted by Crippen LogP contribution is -2.31. The van der Waals surface area contributed by atoms with Gasteiger partial charge in [0.05, 0.1) is 0 Å². The first-order chi connectivity index (χ1) is 9.90. The molecule has 0 saturated heterocycles. The molecule has 0 amide bonds. The Kier molecular flexibility index (Phi) is 4.77. The zero-order valence-corrected chi connectivity index (χ0v) is 12.9. The Morgan fingerprint density at radius 2 is 1.75 bits per heavy atom. The normalized spacial score (nSPS) is 22.4. The van der Waals surface area contributed by atoms with Crippen LogP contribution < -0.4 is 5.32 Å². The molecule has 0 aromatic heterocycles. The summed E-state index contributed by atoms with van der Waals surface area (Å²) in [5, 5.41) is 3.81. The predicted molar refractivity (Wildman–Crippen MR) is 86.0 cm³/mol. The molecule has 1 unspecified atom stereocenters. The van der Waals surface area contributed by atoms with Crippen LogP contribution in [0.5, 0.6) is 0 Å². The van der Waals surface area contributed by atoms with E-state index in [1.807, 2.05) is 0 Å². The lowest BCUT2D eigenvalue weighted by atomic mass is 9.74. The maximum Gasteiger partial charge on any atom is 0.0351 e. The van der Waals surface area contributed by atoms with E-state index in [-0.39, 0.29) is 0 Å². The van der Waals surface area contributed by atoms with Crippen molar-refractivity contribution < 1.29 is 0 Å². The highest BCUT2D eigenvalue weighted by atomic mass is 14.9. The van der Waals surface area contributed by atoms with E-state index < -0.39 is 0 Å². The third kappa shape index (κ3) is 2.93. The molecule has 1 aromatic carbocycles. The fourth-order valence-corrected chi connectivity index (χ4v) is 4.10. The van der Waals surface area contributed by atoms with Gasteiger partial charge in [-0.15, -0.1) is 0 Å². The van der Waals surface area contributed by atoms with Crippen LogP contribution in [0.1, 0.15) is 81.4 Å². The molecule has 1 N–H and O–H groups in total. The van der Waals surface area contributed by atoms with Crippen LogP contribution in [0.25, 0.3) is 0 Å². The highest BCUT2D eigenvalue weighted by Gasteiger charge is 2.29. The van der Waals surface area contributed by atoms with Gasteiger partial charge in [-0.3, -0.25) is 0 Å². The van der Waals surface area contributed by atoms with Crippen LogP contribution in [0.15, 0.2) is 24.3 Å². The zero-order chi connectivity index (χ0) is 13.8. The van der Waals surface area contributed by atoms with Crippen molar-refractivity contribution >= 4 is 0 Å². The van der Waals surface area contributed by atoms with E-state index in [9.17, 15) is 0 Å². The predicted octanol–water partition coefficient (Wildman–Crippen LogP) is 5.19. The summed E-state index contributed by atoms with van der Waals surface area (Å²) in [6.07, 6.45) is 11.4. The molecule has 1 aromatic rings. The smallest absolute Gasteiger partial charge is 0.0351 e. The lowest BCUT2D eigenvalue weighted by Gasteiger charge is -2.35. The van der Waals surface area contributed by atoms with Gasteiger partial charge in [-0.05, 0) is 55.2 Å². The molecule has 0 spiro atoms. The number of nitrogens with one attached hydrogen (secondary N) is 1. The number of rotatable bonds is 5. The van der Waals surface area contributed by atoms with Crippen LogP contribution in [0.2, 0.25) is 0 Å². The quantitative estimate of drug-likeness (QED) is 0.777. The first-order valence-electron chi connectivity index (χ1n) is 8.72. The molecular formula is C19H29N. The van der Waals surface area contributed by atoms with Crippen molar-refractivity contribution in [3.05, 3.63) is 35.4 Å². The summed E-state index contributed by atoms with van der Waals surface area (Å²) in [5.74, 6) is 1.70. The van der Waals surface area contributed by atoms with E-state index in [4.69, 9.17) is 0 Å². The summed E-state index contributed by atoms with van der Waals surface area (Å²) in [6, 6.07) is 9.87. The lowest BCUT2D eigenvalue weighted by molar-refractivity contribution is 0.271. The van der Waals surface area contributed by atoms with Gasteiger partial charge in [-0.1, -0.05) is 56.9 Å². The van der Waals surface area contributed by atoms with Gasteiger partial charge in [-0.25, -0.2) is 0 Å². The van der Waals surface area contributed by atoms with E-state index in [0.29, 0.717) is 6.04 Å². The molecule has 0 bridgehead atoms. The molecule has 2 aliphatic rings. The Labute approximate surface area is 124 Å². The highest BCUT2D eigenvalue weighted by Crippen LogP contribution is 2.42. The van der Waals surface area contributed by atoms with Crippen LogP contribution in [-0.4, -0.2) is 6.54 Å². The van der Waals surface area contributed by atoms with Crippen molar-refractivity contribution in [2.24, 2.45) is 5.92 Å². The summed E-state index contributed by atoms with van der Waals surface area (Å²) >= 11 is 0. The summed E-state index contributed by atoms with van der Waals surface area (Å²) in [6.45, 7) is 3.34. The third-order valence-corrected chi connectivity index (χ3v) is 5.42. The first kappa shape index (κ1) is 14.1. The first-order valence-corrected chi connectivity index (χ1v) is 8.72. The Hall–Kier alpha value is -0.820. The van der Waals surface area contributed by atoms with Crippen molar-refractivity contribution in [3.8, 4) is 0 Å². The summed E-state index contributed by atoms with van der Waals surface area (Å²) in [5.41, 5.74) is 3.27. The molecule has 0 heterocycles. The van der Waals surface area contributed by atoms with Gasteiger partial charge >= 0.3 is 0 Å². The van der Waals surface area contributed by atoms with E-state index in [1.54, 1.807) is 11.1 Å². The average molecular weight is 271 g/mol. The van der Waals surface area contributed by atoms with Crippen molar-refractivity contribution in [1.82, 2.24) is 5.32 Å². The second kappa shape index (κ2) is 6.76. The van der Waals surface area contributed by atoms with E-state index in [0.717, 1.165) is 18.4 Å². The van der Waals surface area contributed by atoms with Gasteiger partial charge in [0.1, 0.15) is 0 Å². The summed E-state index contributed by atoms with van der Waals surface area (Å²) in [4.78, 5) is 0. The maximum atomic E-state index is 3.81. The fraction of sp³-hybridized carbons (Fsp3) is 0.684. The minimum absolute atomic E-state index is 0.595. The maximum absolute atomic E-state index is 3.81. The molecule has 1 nitrogen and oxygen atoms in total. The van der Waals surface area contributed by atoms with Crippen molar-refractivity contribution in [2.45, 2.75) is 70.3 Å². The molecular weight excluding hydrogens is 242 g/mol. The number of benzene rings is 1. The van der Waals surface area contributed by atoms with E-state index in [1.165, 1.54) is 51.4 Å². The van der Waals surface area contributed by atoms with Crippen LogP contribution >= 0.6 is 0 Å². The molecule has 20 heavy (non-hydrogen) atoms. The summed E-state index contributed by atoms with van der Waals surface area (Å²) in [7, 11) is 0. The summed E-state index contributed by atoms with van der Waals surface area (Å²) < 4.78 is 0. The van der Waals surface area contributed by atoms with Crippen LogP contribution in [-0.2, 0) is 0 Å². The van der Waals surface area contributed by atoms with Gasteiger partial charge in [0.15, 0.2) is 0 Å². The van der Waals surface area contributed by atoms with Gasteiger partial charge < -0.3 is 5.32 Å². The molecule has 0 aliphatic heterocycles. The standard InChI is InChI=1S/C19H29N/c1-2-20-19(16-9-4-3-5-10-16)18-14-7-6-13-17(18)15-11-8-12-15/h6-7,13-16,19-20H,2-5,8-12H2,1H3. The Morgan fingerprint density at radius 1 is 1.00 bits per heavy atom. The molecule has 1 heteroatoms. The molecule has 110 valence electrons. The molecule has 2 aliphatic carbocycles. The highest BCUT2D eigenvalue weighted by molar-refractivity contribution is 5.34. The molecule has 3 rings (SSSR count). The second-order valence-electron chi connectivity index (χ2n) is 6.69. The molecule has 2 saturated carbocycles. The SMILES string of the molecule is CCNC(c1ccccc1C1CCC1)C1CCCCC1. The Bertz CT molecular complexity index is 416. The fourth-order valence-electron chi connectivity index (χ4n) is 4.10. The zero-order valence-electron chi connectivity index (χ0n) is 12.9. The second-order valence-corrected chi connectivity index (χ2v) is 6.69. The van der Waals surface area contributed by atoms with E-state index in [2.05, 4.69) is 36.5 Å². The minimum Gasteiger partial charge on any atom is -0.310 e. The van der Waals surface area contributed by atoms with E-state index >= 15 is 0 Å². The van der Waals surface area contributed by atoms with Crippen LogP contribution in [0, 0.1) is 5.92 Å². The van der Waals surface area contributed by atoms with Gasteiger partial charge in [0.2, 0.25) is 0 Å². The topological polar surface area (TPSA) is 12.0 Å². The molecule has 0 radical (unpaired) electrons. The number of hydrogen-bond acceptors (Lipinski definition) is 1. The van der Waals surface area contributed by atoms with Gasteiger partial charge in [0, 0.05) is 6.04 Å². The minimum atomic E-state index is 0.595. The Balaban J connectivity index is 1.85. The van der Waals surface area contributed by atoms with Crippen molar-refractivity contribution in [1.29, 1.82) is 0 Å².